The van der Waals surface area contributed by atoms with Gasteiger partial charge in [0.15, 0.2) is 11.6 Å². The molecule has 1 aromatic carbocycles. The number of pyridine rings is 1. The van der Waals surface area contributed by atoms with Crippen LogP contribution in [0.4, 0.5) is 11.5 Å². The molecule has 3 heterocycles. The Hall–Kier alpha value is -4.13. The van der Waals surface area contributed by atoms with Crippen LogP contribution in [0.1, 0.15) is 31.7 Å². The topological polar surface area (TPSA) is 145 Å². The number of nitrogens with one attached hydrogen (secondary N) is 3. The highest BCUT2D eigenvalue weighted by molar-refractivity contribution is 5.91. The Morgan fingerprint density at radius 3 is 2.71 bits per heavy atom. The van der Waals surface area contributed by atoms with Crippen LogP contribution in [0.15, 0.2) is 50.6 Å². The van der Waals surface area contributed by atoms with Crippen molar-refractivity contribution in [3.63, 3.8) is 0 Å². The molecule has 0 aliphatic heterocycles. The van der Waals surface area contributed by atoms with Gasteiger partial charge in [-0.3, -0.25) is 19.0 Å². The SMILES string of the molecule is N#CC1CCCCC1n1nc(Nc2ccc(-c3noc(=O)[nH]3)cc2)c2c(=O)[nH]ccc21. The van der Waals surface area contributed by atoms with Crippen molar-refractivity contribution in [2.75, 3.05) is 5.32 Å². The standard InChI is InChI=1S/C21H19N7O3/c22-11-13-3-1-2-4-15(13)28-16-9-10-23-20(29)17(16)19(26-28)24-14-7-5-12(6-8-14)18-25-21(30)31-27-18/h5-10,13,15H,1-4H2,(H,23,29)(H,24,26)(H,25,27,30). The van der Waals surface area contributed by atoms with Crippen molar-refractivity contribution in [3.8, 4) is 17.5 Å². The molecule has 0 radical (unpaired) electrons. The maximum Gasteiger partial charge on any atom is 0.439 e. The lowest BCUT2D eigenvalue weighted by atomic mass is 9.85. The van der Waals surface area contributed by atoms with Crippen LogP contribution in [0.25, 0.3) is 22.3 Å². The molecule has 10 nitrogen and oxygen atoms in total. The Balaban J connectivity index is 1.52. The first-order chi connectivity index (χ1) is 15.1. The van der Waals surface area contributed by atoms with Crippen LogP contribution in [0.2, 0.25) is 0 Å². The van der Waals surface area contributed by atoms with E-state index >= 15 is 0 Å². The molecule has 0 spiro atoms. The highest BCUT2D eigenvalue weighted by Crippen LogP contribution is 2.36. The molecule has 1 fully saturated rings. The number of aromatic amines is 2. The molecule has 31 heavy (non-hydrogen) atoms. The van der Waals surface area contributed by atoms with Crippen molar-refractivity contribution in [1.29, 1.82) is 5.26 Å². The Bertz CT molecular complexity index is 1390. The van der Waals surface area contributed by atoms with E-state index in [9.17, 15) is 14.9 Å². The summed E-state index contributed by atoms with van der Waals surface area (Å²) in [6, 6.07) is 11.3. The average molecular weight is 417 g/mol. The normalized spacial score (nSPS) is 18.7. The zero-order chi connectivity index (χ0) is 21.4. The molecule has 3 N–H and O–H groups in total. The lowest BCUT2D eigenvalue weighted by Crippen LogP contribution is -2.23. The number of rotatable bonds is 4. The summed E-state index contributed by atoms with van der Waals surface area (Å²) in [7, 11) is 0. The molecular weight excluding hydrogens is 398 g/mol. The van der Waals surface area contributed by atoms with E-state index in [1.165, 1.54) is 0 Å². The van der Waals surface area contributed by atoms with Crippen LogP contribution in [-0.2, 0) is 0 Å². The summed E-state index contributed by atoms with van der Waals surface area (Å²) in [4.78, 5) is 29.0. The van der Waals surface area contributed by atoms with E-state index in [1.807, 2.05) is 10.7 Å². The number of aromatic nitrogens is 5. The molecule has 3 aromatic heterocycles. The second kappa shape index (κ2) is 7.60. The fourth-order valence-electron chi connectivity index (χ4n) is 4.20. The Morgan fingerprint density at radius 2 is 1.97 bits per heavy atom. The lowest BCUT2D eigenvalue weighted by Gasteiger charge is -2.27. The molecule has 4 aromatic rings. The Labute approximate surface area is 175 Å². The second-order valence-electron chi connectivity index (χ2n) is 7.59. The van der Waals surface area contributed by atoms with Crippen LogP contribution in [-0.4, -0.2) is 24.9 Å². The third kappa shape index (κ3) is 3.40. The van der Waals surface area contributed by atoms with Gasteiger partial charge in [-0.1, -0.05) is 18.0 Å². The van der Waals surface area contributed by atoms with E-state index in [-0.39, 0.29) is 17.5 Å². The van der Waals surface area contributed by atoms with Crippen molar-refractivity contribution < 1.29 is 4.52 Å². The van der Waals surface area contributed by atoms with Crippen molar-refractivity contribution in [2.24, 2.45) is 5.92 Å². The number of hydrogen-bond donors (Lipinski definition) is 3. The van der Waals surface area contributed by atoms with Gasteiger partial charge in [0.1, 0.15) is 5.39 Å². The van der Waals surface area contributed by atoms with Gasteiger partial charge in [-0.2, -0.15) is 10.4 Å². The summed E-state index contributed by atoms with van der Waals surface area (Å²) >= 11 is 0. The van der Waals surface area contributed by atoms with E-state index in [4.69, 9.17) is 5.10 Å². The maximum atomic E-state index is 12.6. The van der Waals surface area contributed by atoms with Gasteiger partial charge in [-0.05, 0) is 43.2 Å². The van der Waals surface area contributed by atoms with Crippen LogP contribution in [0.5, 0.6) is 0 Å². The minimum absolute atomic E-state index is 0.0648. The fraction of sp³-hybridized carbons (Fsp3) is 0.286. The van der Waals surface area contributed by atoms with Crippen molar-refractivity contribution >= 4 is 22.4 Å². The molecule has 5 rings (SSSR count). The summed E-state index contributed by atoms with van der Waals surface area (Å²) in [5.74, 6) is 0.0176. The monoisotopic (exact) mass is 417 g/mol. The molecule has 156 valence electrons. The van der Waals surface area contributed by atoms with Gasteiger partial charge in [0.25, 0.3) is 5.56 Å². The molecule has 1 aliphatic carbocycles. The molecule has 0 saturated heterocycles. The van der Waals surface area contributed by atoms with Crippen molar-refractivity contribution in [3.05, 3.63) is 57.4 Å². The zero-order valence-corrected chi connectivity index (χ0v) is 16.5. The molecule has 1 saturated carbocycles. The van der Waals surface area contributed by atoms with Crippen molar-refractivity contribution in [1.82, 2.24) is 24.9 Å². The minimum atomic E-state index is -0.619. The lowest BCUT2D eigenvalue weighted by molar-refractivity contribution is 0.277. The summed E-state index contributed by atoms with van der Waals surface area (Å²) in [5, 5.41) is 21.7. The van der Waals surface area contributed by atoms with Crippen LogP contribution in [0, 0.1) is 17.2 Å². The van der Waals surface area contributed by atoms with E-state index in [0.29, 0.717) is 33.8 Å². The number of benzene rings is 1. The molecular formula is C21H19N7O3. The summed E-state index contributed by atoms with van der Waals surface area (Å²) in [6.45, 7) is 0. The predicted octanol–water partition coefficient (Wildman–Crippen LogP) is 3.07. The number of anilines is 2. The first-order valence-electron chi connectivity index (χ1n) is 10.1. The molecule has 0 amide bonds. The number of hydrogen-bond acceptors (Lipinski definition) is 7. The van der Waals surface area contributed by atoms with Gasteiger partial charge in [0.2, 0.25) is 0 Å². The quantitative estimate of drug-likeness (QED) is 0.462. The van der Waals surface area contributed by atoms with Gasteiger partial charge in [0.05, 0.1) is 23.5 Å². The van der Waals surface area contributed by atoms with Crippen LogP contribution in [0.3, 0.4) is 0 Å². The average Bonchev–Trinajstić information content (AvgIpc) is 3.39. The number of nitriles is 1. The van der Waals surface area contributed by atoms with Crippen LogP contribution < -0.4 is 16.6 Å². The Morgan fingerprint density at radius 1 is 1.16 bits per heavy atom. The first-order valence-corrected chi connectivity index (χ1v) is 10.1. The summed E-state index contributed by atoms with van der Waals surface area (Å²) in [5.41, 5.74) is 1.86. The third-order valence-electron chi connectivity index (χ3n) is 5.70. The number of H-pyrrole nitrogens is 2. The number of nitrogens with zero attached hydrogens (tertiary/aromatic N) is 4. The molecule has 2 atom stereocenters. The van der Waals surface area contributed by atoms with E-state index in [0.717, 1.165) is 25.7 Å². The molecule has 10 heteroatoms. The zero-order valence-electron chi connectivity index (χ0n) is 16.5. The summed E-state index contributed by atoms with van der Waals surface area (Å²) in [6.07, 6.45) is 5.35. The highest BCUT2D eigenvalue weighted by atomic mass is 16.5. The van der Waals surface area contributed by atoms with E-state index in [1.54, 1.807) is 30.5 Å². The molecule has 1 aliphatic rings. The minimum Gasteiger partial charge on any atom is -0.338 e. The van der Waals surface area contributed by atoms with Gasteiger partial charge in [-0.25, -0.2) is 4.79 Å². The fourth-order valence-corrected chi connectivity index (χ4v) is 4.20. The number of fused-ring (bicyclic) bond motifs is 1. The van der Waals surface area contributed by atoms with Gasteiger partial charge >= 0.3 is 5.76 Å². The Kier molecular flexibility index (Phi) is 4.63. The highest BCUT2D eigenvalue weighted by Gasteiger charge is 2.29. The molecule has 2 unspecified atom stereocenters. The van der Waals surface area contributed by atoms with E-state index in [2.05, 4.69) is 31.0 Å². The predicted molar refractivity (Wildman–Crippen MR) is 113 cm³/mol. The maximum absolute atomic E-state index is 12.6. The van der Waals surface area contributed by atoms with Crippen LogP contribution >= 0.6 is 0 Å². The van der Waals surface area contributed by atoms with Gasteiger partial charge < -0.3 is 10.3 Å². The van der Waals surface area contributed by atoms with Gasteiger partial charge in [-0.15, -0.1) is 0 Å². The smallest absolute Gasteiger partial charge is 0.338 e. The van der Waals surface area contributed by atoms with Gasteiger partial charge in [0, 0.05) is 17.4 Å². The van der Waals surface area contributed by atoms with E-state index < -0.39 is 5.76 Å². The largest absolute Gasteiger partial charge is 0.439 e. The third-order valence-corrected chi connectivity index (χ3v) is 5.70. The van der Waals surface area contributed by atoms with Crippen molar-refractivity contribution in [2.45, 2.75) is 31.7 Å². The first kappa shape index (κ1) is 18.9. The second-order valence-corrected chi connectivity index (χ2v) is 7.59. The summed E-state index contributed by atoms with van der Waals surface area (Å²) < 4.78 is 6.36. The molecule has 0 bridgehead atoms.